The van der Waals surface area contributed by atoms with Crippen LogP contribution in [-0.4, -0.2) is 22.5 Å². The van der Waals surface area contributed by atoms with E-state index in [1.165, 1.54) is 0 Å². The van der Waals surface area contributed by atoms with Crippen LogP contribution in [-0.2, 0) is 0 Å². The summed E-state index contributed by atoms with van der Waals surface area (Å²) in [7, 11) is 0. The van der Waals surface area contributed by atoms with Crippen LogP contribution < -0.4 is 0 Å². The van der Waals surface area contributed by atoms with E-state index < -0.39 is 0 Å². The van der Waals surface area contributed by atoms with Crippen LogP contribution in [0.2, 0.25) is 0 Å². The van der Waals surface area contributed by atoms with Gasteiger partial charge in [-0.05, 0) is 0 Å². The summed E-state index contributed by atoms with van der Waals surface area (Å²) in [6, 6.07) is 0. The van der Waals surface area contributed by atoms with Crippen molar-refractivity contribution in [3.8, 4) is 0 Å². The first-order chi connectivity index (χ1) is 1.73. The van der Waals surface area contributed by atoms with Crippen LogP contribution in [0.25, 0.3) is 0 Å². The van der Waals surface area contributed by atoms with Crippen molar-refractivity contribution in [1.29, 1.82) is 0 Å². The minimum absolute atomic E-state index is 0.0689. The summed E-state index contributed by atoms with van der Waals surface area (Å²) in [5.74, 6) is 0. The predicted octanol–water partition coefficient (Wildman–Crippen LogP) is -0.208. The predicted molar refractivity (Wildman–Crippen MR) is 20.2 cm³/mol. The molecule has 0 heterocycles. The van der Waals surface area contributed by atoms with Gasteiger partial charge >= 0.3 is 37.3 Å². The average Bonchev–Trinajstić information content (AvgIpc) is 0.811. The second-order valence-electron chi connectivity index (χ2n) is 0.676. The van der Waals surface area contributed by atoms with Gasteiger partial charge in [-0.1, -0.05) is 0 Å². The molecule has 0 aromatic carbocycles. The molecule has 0 atom stereocenters. The van der Waals surface area contributed by atoms with Crippen LogP contribution >= 0.6 is 0 Å². The molecule has 0 aromatic rings. The summed E-state index contributed by atoms with van der Waals surface area (Å²) >= 11 is 0.0689. The van der Waals surface area contributed by atoms with E-state index in [0.717, 1.165) is 0 Å². The van der Waals surface area contributed by atoms with Gasteiger partial charge < -0.3 is 0 Å². The Morgan fingerprint density at radius 3 is 2.00 bits per heavy atom. The molecular formula is C2H5FSn. The van der Waals surface area contributed by atoms with Crippen LogP contribution in [0.5, 0.6) is 0 Å². The molecule has 0 radical (unpaired) electrons. The fourth-order valence-electron chi connectivity index (χ4n) is 0. The Kier molecular flexibility index (Phi) is 1.96. The van der Waals surface area contributed by atoms with Crippen LogP contribution in [0, 0.1) is 0 Å². The van der Waals surface area contributed by atoms with Gasteiger partial charge in [0, 0.05) is 0 Å². The zero-order valence-corrected chi connectivity index (χ0v) is 8.29. The normalized spacial score (nSPS) is 7.25. The van der Waals surface area contributed by atoms with Crippen LogP contribution in [0.15, 0.2) is 10.4 Å². The molecule has 0 bridgehead atoms. The molecule has 0 amide bonds. The van der Waals surface area contributed by atoms with E-state index in [0.29, 0.717) is 0 Å². The molecule has 0 saturated heterocycles. The Morgan fingerprint density at radius 2 is 2.00 bits per heavy atom. The van der Waals surface area contributed by atoms with E-state index in [1.54, 1.807) is 0 Å². The van der Waals surface area contributed by atoms with Gasteiger partial charge in [-0.2, -0.15) is 0 Å². The summed E-state index contributed by atoms with van der Waals surface area (Å²) in [4.78, 5) is 0. The molecule has 0 aliphatic heterocycles. The molecule has 0 aliphatic carbocycles. The van der Waals surface area contributed by atoms with Crippen LogP contribution in [0.1, 0.15) is 0 Å². The van der Waals surface area contributed by atoms with Crippen molar-refractivity contribution < 1.29 is 4.39 Å². The van der Waals surface area contributed by atoms with E-state index >= 15 is 0 Å². The fourth-order valence-corrected chi connectivity index (χ4v) is 0. The van der Waals surface area contributed by atoms with Crippen molar-refractivity contribution in [3.63, 3.8) is 0 Å². The van der Waals surface area contributed by atoms with E-state index in [4.69, 9.17) is 0 Å². The van der Waals surface area contributed by atoms with Crippen LogP contribution in [0.3, 0.4) is 0 Å². The van der Waals surface area contributed by atoms with Gasteiger partial charge in [-0.25, -0.2) is 0 Å². The number of hydrogen-bond donors (Lipinski definition) is 0. The summed E-state index contributed by atoms with van der Waals surface area (Å²) in [5.41, 5.74) is 0. The molecule has 24 valence electrons. The van der Waals surface area contributed by atoms with Gasteiger partial charge in [0.25, 0.3) is 0 Å². The average molecular weight is 167 g/mol. The summed E-state index contributed by atoms with van der Waals surface area (Å²) in [5, 5.41) is 0. The molecule has 0 nitrogen and oxygen atoms in total. The van der Waals surface area contributed by atoms with E-state index in [9.17, 15) is 4.39 Å². The summed E-state index contributed by atoms with van der Waals surface area (Å²) in [6.45, 7) is 2.98. The molecule has 2 heteroatoms. The van der Waals surface area contributed by atoms with Crippen molar-refractivity contribution >= 4 is 22.5 Å². The molecule has 0 unspecified atom stereocenters. The van der Waals surface area contributed by atoms with Gasteiger partial charge in [-0.3, -0.25) is 0 Å². The second-order valence-corrected chi connectivity index (χ2v) is 3.77. The SMILES string of the molecule is C=[C](F)[SnH3]. The number of halogens is 1. The van der Waals surface area contributed by atoms with Crippen molar-refractivity contribution in [2.75, 3.05) is 0 Å². The molecule has 0 saturated carbocycles. The van der Waals surface area contributed by atoms with Crippen LogP contribution in [0.4, 0.5) is 4.39 Å². The number of rotatable bonds is 0. The van der Waals surface area contributed by atoms with Gasteiger partial charge in [0.15, 0.2) is 0 Å². The molecular weight excluding hydrogens is 162 g/mol. The first-order valence-electron chi connectivity index (χ1n) is 1.04. The van der Waals surface area contributed by atoms with Crippen molar-refractivity contribution in [2.24, 2.45) is 0 Å². The van der Waals surface area contributed by atoms with Gasteiger partial charge in [-0.15, -0.1) is 0 Å². The van der Waals surface area contributed by atoms with Crippen molar-refractivity contribution in [3.05, 3.63) is 10.4 Å². The monoisotopic (exact) mass is 168 g/mol. The zero-order valence-electron chi connectivity index (χ0n) is 2.59. The molecule has 0 fully saturated rings. The van der Waals surface area contributed by atoms with E-state index in [1.807, 2.05) is 0 Å². The van der Waals surface area contributed by atoms with E-state index in [-0.39, 0.29) is 26.4 Å². The quantitative estimate of drug-likeness (QED) is 0.438. The summed E-state index contributed by atoms with van der Waals surface area (Å²) in [6.07, 6.45) is 0. The molecule has 0 N–H and O–H groups in total. The van der Waals surface area contributed by atoms with Crippen molar-refractivity contribution in [2.45, 2.75) is 0 Å². The molecule has 0 rings (SSSR count). The first kappa shape index (κ1) is 4.47. The maximum absolute atomic E-state index is 10.9. The van der Waals surface area contributed by atoms with Crippen molar-refractivity contribution in [1.82, 2.24) is 0 Å². The van der Waals surface area contributed by atoms with E-state index in [2.05, 4.69) is 6.58 Å². The second kappa shape index (κ2) is 1.76. The Balaban J connectivity index is 2.80. The van der Waals surface area contributed by atoms with Gasteiger partial charge in [0.2, 0.25) is 0 Å². The Bertz CT molecular complexity index is 29.0. The minimum atomic E-state index is -0.123. The summed E-state index contributed by atoms with van der Waals surface area (Å²) < 4.78 is 10.8. The Morgan fingerprint density at radius 1 is 2.00 bits per heavy atom. The third-order valence-electron chi connectivity index (χ3n) is 0. The Labute approximate surface area is 37.8 Å². The number of hydrogen-bond acceptors (Lipinski definition) is 0. The molecule has 0 aliphatic rings. The molecule has 0 aromatic heterocycles. The molecule has 4 heavy (non-hydrogen) atoms. The molecule has 0 spiro atoms. The third kappa shape index (κ3) is 24.2. The topological polar surface area (TPSA) is 0 Å². The first-order valence-corrected chi connectivity index (χ1v) is 3.90. The zero-order chi connectivity index (χ0) is 3.58. The third-order valence-corrected chi connectivity index (χ3v) is 0. The standard InChI is InChI=1S/C2H2F.Sn.3H/c1-2-3;;;;/h1H2;;;;. The van der Waals surface area contributed by atoms with Gasteiger partial charge in [0.05, 0.1) is 0 Å². The van der Waals surface area contributed by atoms with Gasteiger partial charge in [0.1, 0.15) is 0 Å². The Hall–Kier alpha value is 0.469. The maximum atomic E-state index is 10.9. The fraction of sp³-hybridized carbons (Fsp3) is 0.